The van der Waals surface area contributed by atoms with Crippen molar-refractivity contribution in [3.05, 3.63) is 82.5 Å². The Kier molecular flexibility index (Phi) is 8.32. The van der Waals surface area contributed by atoms with Crippen molar-refractivity contribution in [3.63, 3.8) is 0 Å². The molecule has 0 saturated carbocycles. The molecule has 0 aliphatic carbocycles. The van der Waals surface area contributed by atoms with Gasteiger partial charge in [-0.3, -0.25) is 4.79 Å². The Morgan fingerprint density at radius 2 is 1.86 bits per heavy atom. The molecule has 188 valence electrons. The predicted octanol–water partition coefficient (Wildman–Crippen LogP) is 4.55. The molecule has 4 rings (SSSR count). The Balaban J connectivity index is 1.54. The molecule has 1 N–H and O–H groups in total. The summed E-state index contributed by atoms with van der Waals surface area (Å²) < 4.78 is 17.0. The molecule has 0 unspecified atom stereocenters. The fraction of sp³-hybridized carbons (Fsp3) is 0.296. The lowest BCUT2D eigenvalue weighted by Gasteiger charge is -2.33. The van der Waals surface area contributed by atoms with Crippen LogP contribution in [0.15, 0.2) is 76.4 Å². The number of carbonyl (C=O) groups excluding carboxylic acids is 2. The predicted molar refractivity (Wildman–Crippen MR) is 139 cm³/mol. The van der Waals surface area contributed by atoms with Crippen LogP contribution in [0, 0.1) is 0 Å². The third-order valence-electron chi connectivity index (χ3n) is 5.59. The molecule has 1 amide bonds. The first-order valence-electron chi connectivity index (χ1n) is 11.8. The molecule has 0 bridgehead atoms. The van der Waals surface area contributed by atoms with E-state index in [2.05, 4.69) is 10.3 Å². The molecule has 36 heavy (non-hydrogen) atoms. The van der Waals surface area contributed by atoms with Crippen molar-refractivity contribution < 1.29 is 23.8 Å². The van der Waals surface area contributed by atoms with Crippen LogP contribution < -0.4 is 14.8 Å². The van der Waals surface area contributed by atoms with Gasteiger partial charge in [0.2, 0.25) is 0 Å². The molecular weight excluding hydrogens is 478 g/mol. The van der Waals surface area contributed by atoms with Crippen LogP contribution in [-0.2, 0) is 20.9 Å². The van der Waals surface area contributed by atoms with E-state index in [1.165, 1.54) is 11.8 Å². The van der Waals surface area contributed by atoms with Crippen molar-refractivity contribution in [1.29, 1.82) is 0 Å². The molecule has 9 heteroatoms. The highest BCUT2D eigenvalue weighted by Crippen LogP contribution is 2.43. The average molecular weight is 508 g/mol. The minimum atomic E-state index is -0.426. The second-order valence-electron chi connectivity index (χ2n) is 8.02. The third kappa shape index (κ3) is 5.73. The van der Waals surface area contributed by atoms with Gasteiger partial charge in [0.15, 0.2) is 23.3 Å². The number of esters is 1. The maximum atomic E-state index is 12.9. The molecule has 1 atom stereocenters. The quantitative estimate of drug-likeness (QED) is 0.472. The molecule has 0 fully saturated rings. The first-order valence-corrected chi connectivity index (χ1v) is 12.7. The van der Waals surface area contributed by atoms with E-state index in [4.69, 9.17) is 14.2 Å². The number of hydrogen-bond acceptors (Lipinski definition) is 8. The van der Waals surface area contributed by atoms with E-state index in [-0.39, 0.29) is 19.1 Å². The van der Waals surface area contributed by atoms with E-state index in [1.54, 1.807) is 13.0 Å². The van der Waals surface area contributed by atoms with E-state index >= 15 is 0 Å². The Morgan fingerprint density at radius 3 is 2.61 bits per heavy atom. The number of nitrogens with one attached hydrogen (secondary N) is 1. The zero-order valence-corrected chi connectivity index (χ0v) is 21.3. The largest absolute Gasteiger partial charge is 0.490 e. The minimum absolute atomic E-state index is 0.148. The third-order valence-corrected chi connectivity index (χ3v) is 6.36. The van der Waals surface area contributed by atoms with Gasteiger partial charge in [-0.25, -0.2) is 9.79 Å². The second-order valence-corrected chi connectivity index (χ2v) is 8.89. The van der Waals surface area contributed by atoms with Gasteiger partial charge < -0.3 is 24.4 Å². The zero-order chi connectivity index (χ0) is 25.5. The van der Waals surface area contributed by atoms with Crippen LogP contribution in [0.2, 0.25) is 0 Å². The Bertz CT molecular complexity index is 1210. The highest BCUT2D eigenvalue weighted by atomic mass is 32.2. The van der Waals surface area contributed by atoms with Crippen molar-refractivity contribution in [2.75, 3.05) is 19.8 Å². The lowest BCUT2D eigenvalue weighted by Crippen LogP contribution is -2.34. The first-order chi connectivity index (χ1) is 17.5. The van der Waals surface area contributed by atoms with Gasteiger partial charge in [-0.2, -0.15) is 0 Å². The highest BCUT2D eigenvalue weighted by Gasteiger charge is 2.37. The van der Waals surface area contributed by atoms with Crippen LogP contribution in [-0.4, -0.2) is 41.8 Å². The lowest BCUT2D eigenvalue weighted by molar-refractivity contribution is -0.139. The molecular formula is C27H29N3O5S. The number of aliphatic imine (C=N–C) groups is 1. The molecule has 0 saturated heterocycles. The summed E-state index contributed by atoms with van der Waals surface area (Å²) in [5.41, 5.74) is 2.93. The fourth-order valence-corrected chi connectivity index (χ4v) is 4.76. The lowest BCUT2D eigenvalue weighted by atomic mass is 9.94. The smallest absolute Gasteiger partial charge is 0.338 e. The number of fused-ring (bicyclic) bond motifs is 1. The van der Waals surface area contributed by atoms with Gasteiger partial charge in [0.1, 0.15) is 0 Å². The molecule has 0 aromatic heterocycles. The zero-order valence-electron chi connectivity index (χ0n) is 20.5. The number of benzene rings is 2. The van der Waals surface area contributed by atoms with Crippen molar-refractivity contribution in [2.24, 2.45) is 4.99 Å². The van der Waals surface area contributed by atoms with Crippen molar-refractivity contribution in [1.82, 2.24) is 10.2 Å². The van der Waals surface area contributed by atoms with E-state index < -0.39 is 12.0 Å². The standard InChI is InChI=1S/C27H29N3O5S/c1-4-33-22-15-20(11-12-21(22)35-17-23(31)28-16-19-9-7-6-8-10-19)25-24(26(32)34-5-2)18(3)29-27-30(25)13-14-36-27/h6-15,25H,4-5,16-17H2,1-3H3,(H,28,31)/t25-/m1/s1. The molecule has 2 aliphatic heterocycles. The summed E-state index contributed by atoms with van der Waals surface area (Å²) >= 11 is 1.50. The normalized spacial score (nSPS) is 16.4. The van der Waals surface area contributed by atoms with Gasteiger partial charge in [-0.1, -0.05) is 48.2 Å². The highest BCUT2D eigenvalue weighted by molar-refractivity contribution is 8.16. The number of nitrogens with zero attached hydrogens (tertiary/aromatic N) is 2. The molecule has 0 spiro atoms. The maximum Gasteiger partial charge on any atom is 0.338 e. The summed E-state index contributed by atoms with van der Waals surface area (Å²) in [7, 11) is 0. The number of ether oxygens (including phenoxy) is 3. The molecule has 2 aliphatic rings. The van der Waals surface area contributed by atoms with Crippen molar-refractivity contribution >= 4 is 28.8 Å². The van der Waals surface area contributed by atoms with Crippen LogP contribution in [0.25, 0.3) is 0 Å². The van der Waals surface area contributed by atoms with Gasteiger partial charge in [0.25, 0.3) is 5.91 Å². The van der Waals surface area contributed by atoms with Crippen LogP contribution in [0.1, 0.15) is 37.9 Å². The van der Waals surface area contributed by atoms with Gasteiger partial charge in [0.05, 0.1) is 30.5 Å². The van der Waals surface area contributed by atoms with Crippen LogP contribution >= 0.6 is 11.8 Å². The molecule has 8 nitrogen and oxygen atoms in total. The summed E-state index contributed by atoms with van der Waals surface area (Å²) in [6, 6.07) is 14.7. The number of carbonyl (C=O) groups is 2. The van der Waals surface area contributed by atoms with Crippen LogP contribution in [0.5, 0.6) is 11.5 Å². The van der Waals surface area contributed by atoms with Gasteiger partial charge >= 0.3 is 5.97 Å². The monoisotopic (exact) mass is 507 g/mol. The van der Waals surface area contributed by atoms with Crippen LogP contribution in [0.4, 0.5) is 0 Å². The van der Waals surface area contributed by atoms with E-state index in [9.17, 15) is 9.59 Å². The number of amidine groups is 1. The second kappa shape index (κ2) is 11.8. The van der Waals surface area contributed by atoms with Gasteiger partial charge in [-0.15, -0.1) is 0 Å². The Morgan fingerprint density at radius 1 is 1.06 bits per heavy atom. The first kappa shape index (κ1) is 25.4. The van der Waals surface area contributed by atoms with Crippen molar-refractivity contribution in [3.8, 4) is 11.5 Å². The van der Waals surface area contributed by atoms with Gasteiger partial charge in [0, 0.05) is 12.7 Å². The maximum absolute atomic E-state index is 12.9. The Labute approximate surface area is 215 Å². The topological polar surface area (TPSA) is 89.5 Å². The molecule has 2 heterocycles. The SMILES string of the molecule is CCOC(=O)C1=C(C)N=C2SC=CN2[C@@H]1c1ccc(OCC(=O)NCc2ccccc2)c(OCC)c1. The Hall–Kier alpha value is -3.72. The minimum Gasteiger partial charge on any atom is -0.490 e. The summed E-state index contributed by atoms with van der Waals surface area (Å²) in [6.45, 7) is 6.44. The van der Waals surface area contributed by atoms with E-state index in [1.807, 2.05) is 72.8 Å². The van der Waals surface area contributed by atoms with E-state index in [0.29, 0.717) is 35.9 Å². The van der Waals surface area contributed by atoms with Crippen molar-refractivity contribution in [2.45, 2.75) is 33.4 Å². The number of amides is 1. The van der Waals surface area contributed by atoms with Gasteiger partial charge in [-0.05, 0) is 49.4 Å². The fourth-order valence-electron chi connectivity index (χ4n) is 3.97. The molecule has 2 aromatic carbocycles. The number of allylic oxidation sites excluding steroid dienone is 1. The van der Waals surface area contributed by atoms with Crippen LogP contribution in [0.3, 0.4) is 0 Å². The number of rotatable bonds is 10. The summed E-state index contributed by atoms with van der Waals surface area (Å²) in [6.07, 6.45) is 1.90. The summed E-state index contributed by atoms with van der Waals surface area (Å²) in [5.74, 6) is 0.305. The molecule has 0 radical (unpaired) electrons. The average Bonchev–Trinajstić information content (AvgIpc) is 3.35. The summed E-state index contributed by atoms with van der Waals surface area (Å²) in [5, 5.41) is 5.58. The molecule has 2 aromatic rings. The van der Waals surface area contributed by atoms with E-state index in [0.717, 1.165) is 16.3 Å². The summed E-state index contributed by atoms with van der Waals surface area (Å²) in [4.78, 5) is 31.8. The number of thioether (sulfide) groups is 1. The number of hydrogen-bond donors (Lipinski definition) is 1.